The number of nitrogens with zero attached hydrogens (tertiary/aromatic N) is 6. The molecule has 2 saturated heterocycles. The maximum absolute atomic E-state index is 13.7. The van der Waals surface area contributed by atoms with Crippen LogP contribution in [0.1, 0.15) is 85.5 Å². The van der Waals surface area contributed by atoms with E-state index in [4.69, 9.17) is 10.5 Å². The van der Waals surface area contributed by atoms with Gasteiger partial charge in [0.1, 0.15) is 18.2 Å². The van der Waals surface area contributed by atoms with Gasteiger partial charge in [0.25, 0.3) is 0 Å². The average molecular weight is 719 g/mol. The van der Waals surface area contributed by atoms with Crippen LogP contribution in [0.4, 0.5) is 5.82 Å². The van der Waals surface area contributed by atoms with Gasteiger partial charge >= 0.3 is 5.97 Å². The number of Topliss-reactive ketones (excluding diaryl/α,β-unsaturated/α-hetero) is 1. The first kappa shape index (κ1) is 36.9. The van der Waals surface area contributed by atoms with Gasteiger partial charge in [-0.3, -0.25) is 14.4 Å². The van der Waals surface area contributed by atoms with Gasteiger partial charge in [-0.15, -0.1) is 6.58 Å². The number of likely N-dealkylation sites (tertiary alicyclic amines) is 1. The lowest BCUT2D eigenvalue weighted by atomic mass is 9.44. The van der Waals surface area contributed by atoms with Crippen LogP contribution in [-0.4, -0.2) is 104 Å². The number of hydrogen-bond donors (Lipinski definition) is 3. The molecule has 0 spiro atoms. The summed E-state index contributed by atoms with van der Waals surface area (Å²) in [4.78, 5) is 58.1. The van der Waals surface area contributed by atoms with Gasteiger partial charge in [-0.2, -0.15) is 0 Å². The minimum absolute atomic E-state index is 0.0496. The molecule has 2 aliphatic heterocycles. The highest BCUT2D eigenvalue weighted by atomic mass is 16.5. The highest BCUT2D eigenvalue weighted by molar-refractivity contribution is 5.86. The Bertz CT molecular complexity index is 1690. The molecule has 5 aliphatic rings. The zero-order valence-electron chi connectivity index (χ0n) is 31.4. The van der Waals surface area contributed by atoms with Crippen molar-refractivity contribution in [2.75, 3.05) is 37.6 Å². The second kappa shape index (κ2) is 14.1. The van der Waals surface area contributed by atoms with Gasteiger partial charge in [0.15, 0.2) is 17.0 Å². The van der Waals surface area contributed by atoms with Crippen molar-refractivity contribution in [3.05, 3.63) is 25.3 Å². The number of carbonyl (C=O) groups is 3. The molecule has 13 nitrogen and oxygen atoms in total. The van der Waals surface area contributed by atoms with Crippen molar-refractivity contribution in [2.45, 2.75) is 116 Å². The minimum Gasteiger partial charge on any atom is -0.461 e. The molecule has 2 bridgehead atoms. The van der Waals surface area contributed by atoms with Crippen molar-refractivity contribution in [1.82, 2.24) is 29.7 Å². The predicted molar refractivity (Wildman–Crippen MR) is 197 cm³/mol. The summed E-state index contributed by atoms with van der Waals surface area (Å²) in [7, 11) is 0. The number of aliphatic hydroxyl groups is 1. The summed E-state index contributed by atoms with van der Waals surface area (Å²) in [6.07, 6.45) is 10.2. The maximum Gasteiger partial charge on any atom is 0.320 e. The van der Waals surface area contributed by atoms with Gasteiger partial charge in [-0.25, -0.2) is 15.0 Å². The monoisotopic (exact) mass is 718 g/mol. The number of rotatable bonds is 9. The van der Waals surface area contributed by atoms with Crippen molar-refractivity contribution in [3.8, 4) is 0 Å². The van der Waals surface area contributed by atoms with Crippen molar-refractivity contribution >= 4 is 34.6 Å². The van der Waals surface area contributed by atoms with E-state index in [2.05, 4.69) is 52.5 Å². The molecule has 5 fully saturated rings. The molecule has 3 aliphatic carbocycles. The molecular weight excluding hydrogens is 660 g/mol. The van der Waals surface area contributed by atoms with Crippen LogP contribution in [0.2, 0.25) is 0 Å². The molecule has 1 amide bonds. The molecule has 13 heteroatoms. The number of ether oxygens (including phenoxy) is 1. The van der Waals surface area contributed by atoms with Crippen LogP contribution in [-0.2, 0) is 25.7 Å². The van der Waals surface area contributed by atoms with Crippen LogP contribution in [0.15, 0.2) is 25.3 Å². The summed E-state index contributed by atoms with van der Waals surface area (Å²) in [5.41, 5.74) is 6.06. The highest BCUT2D eigenvalue weighted by Gasteiger charge is 2.68. The fourth-order valence-corrected chi connectivity index (χ4v) is 10.9. The fraction of sp³-hybridized carbons (Fsp3) is 0.744. The minimum atomic E-state index is -0.690. The van der Waals surface area contributed by atoms with E-state index in [1.807, 2.05) is 22.5 Å². The van der Waals surface area contributed by atoms with Gasteiger partial charge in [0.2, 0.25) is 5.91 Å². The van der Waals surface area contributed by atoms with Gasteiger partial charge in [-0.1, -0.05) is 33.8 Å². The number of imidazole rings is 1. The molecule has 0 radical (unpaired) electrons. The SMILES string of the molecule is C=C[C@]1(C)C[C@@H](OC(=O)CNC2CCN(C(=O)CCn3cnc4c(N5CCC(N)C5)ncnc43)CC2)[C@]2(C)[C@H](C)CC[C@]3(CCC(=O)[C@@H]32)[C@@H](C)[C@@H]1O. The van der Waals surface area contributed by atoms with Crippen LogP contribution < -0.4 is 16.0 Å². The third-order valence-electron chi connectivity index (χ3n) is 14.4. The molecule has 2 aromatic heterocycles. The van der Waals surface area contributed by atoms with E-state index in [-0.39, 0.29) is 59.5 Å². The van der Waals surface area contributed by atoms with Crippen LogP contribution in [0.5, 0.6) is 0 Å². The number of hydrogen-bond acceptors (Lipinski definition) is 11. The first-order valence-electron chi connectivity index (χ1n) is 19.5. The van der Waals surface area contributed by atoms with E-state index in [9.17, 15) is 19.5 Å². The number of ketones is 1. The fourth-order valence-electron chi connectivity index (χ4n) is 10.9. The second-order valence-electron chi connectivity index (χ2n) is 17.2. The van der Waals surface area contributed by atoms with E-state index in [0.29, 0.717) is 44.5 Å². The molecule has 0 aromatic carbocycles. The summed E-state index contributed by atoms with van der Waals surface area (Å²) in [5, 5.41) is 15.2. The Morgan fingerprint density at radius 2 is 1.88 bits per heavy atom. The zero-order valence-corrected chi connectivity index (χ0v) is 31.4. The number of nitrogens with one attached hydrogen (secondary N) is 1. The lowest BCUT2D eigenvalue weighted by molar-refractivity contribution is -0.206. The van der Waals surface area contributed by atoms with Crippen LogP contribution >= 0.6 is 0 Å². The Labute approximate surface area is 307 Å². The van der Waals surface area contributed by atoms with Gasteiger partial charge < -0.3 is 35.3 Å². The molecule has 1 unspecified atom stereocenters. The summed E-state index contributed by atoms with van der Waals surface area (Å²) >= 11 is 0. The zero-order chi connectivity index (χ0) is 37.0. The summed E-state index contributed by atoms with van der Waals surface area (Å²) in [6.45, 7) is 15.9. The number of amides is 1. The molecule has 4 heterocycles. The number of nitrogens with two attached hydrogens (primary N) is 1. The van der Waals surface area contributed by atoms with Crippen LogP contribution in [0.25, 0.3) is 11.2 Å². The Morgan fingerprint density at radius 1 is 1.12 bits per heavy atom. The standard InChI is InChI=1S/C39H58N8O5/c1-6-37(4)19-29(38(5)24(2)7-13-39(25(3)34(37)51)14-8-28(48)33(38)39)52-31(50)20-41-27-10-16-45(17-11-27)30(49)12-18-47-23-44-32-35(42-22-43-36(32)47)46-15-9-26(40)21-46/h6,22-27,29,33-34,41,51H,1,7-21,40H2,2-5H3/t24-,25+,26?,29-,33-,34+,37-,38+,39+/m1/s1. The van der Waals surface area contributed by atoms with Crippen LogP contribution in [0, 0.1) is 34.0 Å². The van der Waals surface area contributed by atoms with Crippen molar-refractivity contribution in [1.29, 1.82) is 0 Å². The molecule has 9 atom stereocenters. The number of aliphatic hydroxyl groups excluding tert-OH is 1. The molecule has 284 valence electrons. The van der Waals surface area contributed by atoms with Crippen LogP contribution in [0.3, 0.4) is 0 Å². The molecular formula is C39H58N8O5. The van der Waals surface area contributed by atoms with Crippen molar-refractivity contribution < 1.29 is 24.2 Å². The summed E-state index contributed by atoms with van der Waals surface area (Å²) < 4.78 is 8.32. The third kappa shape index (κ3) is 6.24. The highest BCUT2D eigenvalue weighted by Crippen LogP contribution is 2.68. The quantitative estimate of drug-likeness (QED) is 0.257. The summed E-state index contributed by atoms with van der Waals surface area (Å²) in [5.74, 6) is 0.646. The predicted octanol–water partition coefficient (Wildman–Crippen LogP) is 3.24. The number of fused-ring (bicyclic) bond motifs is 1. The first-order valence-corrected chi connectivity index (χ1v) is 19.5. The largest absolute Gasteiger partial charge is 0.461 e. The topological polar surface area (TPSA) is 169 Å². The van der Waals surface area contributed by atoms with E-state index < -0.39 is 23.0 Å². The second-order valence-corrected chi connectivity index (χ2v) is 17.2. The number of carbonyl (C=O) groups excluding carboxylic acids is 3. The molecule has 4 N–H and O–H groups in total. The molecule has 52 heavy (non-hydrogen) atoms. The Kier molecular flexibility index (Phi) is 10.0. The smallest absolute Gasteiger partial charge is 0.320 e. The van der Waals surface area contributed by atoms with E-state index >= 15 is 0 Å². The van der Waals surface area contributed by atoms with Gasteiger partial charge in [0, 0.05) is 74.4 Å². The van der Waals surface area contributed by atoms with E-state index in [1.54, 1.807) is 12.7 Å². The number of piperidine rings is 1. The normalized spacial score (nSPS) is 36.8. The van der Waals surface area contributed by atoms with Gasteiger partial charge in [0.05, 0.1) is 19.0 Å². The van der Waals surface area contributed by atoms with E-state index in [1.165, 1.54) is 0 Å². The number of aryl methyl sites for hydroxylation is 1. The number of anilines is 1. The summed E-state index contributed by atoms with van der Waals surface area (Å²) in [6, 6.07) is 0.206. The maximum atomic E-state index is 13.7. The first-order chi connectivity index (χ1) is 24.8. The molecule has 7 rings (SSSR count). The lowest BCUT2D eigenvalue weighted by Gasteiger charge is -2.61. The Morgan fingerprint density at radius 3 is 2.60 bits per heavy atom. The molecule has 2 aromatic rings. The van der Waals surface area contributed by atoms with Gasteiger partial charge in [-0.05, 0) is 62.2 Å². The lowest BCUT2D eigenvalue weighted by Crippen LogP contribution is -2.63. The number of esters is 1. The Balaban J connectivity index is 0.936. The van der Waals surface area contributed by atoms with E-state index in [0.717, 1.165) is 62.9 Å². The average Bonchev–Trinajstić information content (AvgIpc) is 3.87. The Hall–Kier alpha value is -3.42. The van der Waals surface area contributed by atoms with Crippen molar-refractivity contribution in [2.24, 2.45) is 39.7 Å². The molecule has 3 saturated carbocycles. The third-order valence-corrected chi connectivity index (χ3v) is 14.4. The van der Waals surface area contributed by atoms with Crippen molar-refractivity contribution in [3.63, 3.8) is 0 Å². The number of aromatic nitrogens is 4.